The van der Waals surface area contributed by atoms with Crippen molar-refractivity contribution >= 4 is 17.3 Å². The second-order valence-electron chi connectivity index (χ2n) is 5.60. The Labute approximate surface area is 138 Å². The van der Waals surface area contributed by atoms with Crippen LogP contribution in [0.5, 0.6) is 0 Å². The lowest BCUT2D eigenvalue weighted by molar-refractivity contribution is -0.137. The third-order valence-electron chi connectivity index (χ3n) is 3.90. The highest BCUT2D eigenvalue weighted by molar-refractivity contribution is 7.13. The van der Waals surface area contributed by atoms with Crippen LogP contribution >= 0.6 is 11.3 Å². The molecule has 7 nitrogen and oxygen atoms in total. The van der Waals surface area contributed by atoms with Gasteiger partial charge in [-0.05, 0) is 24.4 Å². The van der Waals surface area contributed by atoms with Crippen LogP contribution in [0.25, 0.3) is 10.7 Å². The summed E-state index contributed by atoms with van der Waals surface area (Å²) in [5, 5.41) is 14.7. The van der Waals surface area contributed by atoms with E-state index in [1.54, 1.807) is 11.3 Å². The number of carboxylic acids is 1. The van der Waals surface area contributed by atoms with Gasteiger partial charge >= 0.3 is 5.97 Å². The van der Waals surface area contributed by atoms with Crippen molar-refractivity contribution < 1.29 is 14.4 Å². The first-order valence-electron chi connectivity index (χ1n) is 7.73. The Hall–Kier alpha value is -1.77. The zero-order valence-corrected chi connectivity index (χ0v) is 13.7. The quantitative estimate of drug-likeness (QED) is 0.825. The van der Waals surface area contributed by atoms with Crippen LogP contribution in [0.3, 0.4) is 0 Å². The number of aliphatic carboxylic acids is 1. The minimum Gasteiger partial charge on any atom is -0.481 e. The van der Waals surface area contributed by atoms with Gasteiger partial charge in [-0.15, -0.1) is 11.3 Å². The van der Waals surface area contributed by atoms with Gasteiger partial charge in [0.15, 0.2) is 0 Å². The van der Waals surface area contributed by atoms with E-state index in [1.807, 2.05) is 17.5 Å². The van der Waals surface area contributed by atoms with Crippen LogP contribution in [0.4, 0.5) is 0 Å². The second kappa shape index (κ2) is 7.67. The van der Waals surface area contributed by atoms with Crippen LogP contribution < -0.4 is 0 Å². The molecule has 0 radical (unpaired) electrons. The first-order chi connectivity index (χ1) is 11.2. The molecule has 0 spiro atoms. The van der Waals surface area contributed by atoms with Crippen LogP contribution in [0.1, 0.15) is 18.7 Å². The largest absolute Gasteiger partial charge is 0.481 e. The number of carbonyl (C=O) groups is 1. The predicted octanol–water partition coefficient (Wildman–Crippen LogP) is 1.78. The minimum atomic E-state index is -0.721. The monoisotopic (exact) mass is 336 g/mol. The van der Waals surface area contributed by atoms with E-state index in [-0.39, 0.29) is 6.42 Å². The molecule has 2 aromatic heterocycles. The number of thiophene rings is 1. The Morgan fingerprint density at radius 3 is 2.78 bits per heavy atom. The summed E-state index contributed by atoms with van der Waals surface area (Å²) in [5.41, 5.74) is 0. The highest BCUT2D eigenvalue weighted by Crippen LogP contribution is 2.21. The van der Waals surface area contributed by atoms with Crippen molar-refractivity contribution in [2.45, 2.75) is 19.4 Å². The van der Waals surface area contributed by atoms with Gasteiger partial charge in [0, 0.05) is 32.6 Å². The summed E-state index contributed by atoms with van der Waals surface area (Å²) in [7, 11) is 0. The van der Waals surface area contributed by atoms with Gasteiger partial charge in [0.1, 0.15) is 0 Å². The fourth-order valence-electron chi connectivity index (χ4n) is 2.64. The van der Waals surface area contributed by atoms with Gasteiger partial charge in [-0.1, -0.05) is 11.2 Å². The lowest BCUT2D eigenvalue weighted by Crippen LogP contribution is -2.46. The van der Waals surface area contributed by atoms with E-state index in [4.69, 9.17) is 9.63 Å². The third kappa shape index (κ3) is 4.60. The molecule has 8 heteroatoms. The summed E-state index contributed by atoms with van der Waals surface area (Å²) in [6, 6.07) is 3.95. The summed E-state index contributed by atoms with van der Waals surface area (Å²) in [5.74, 6) is 0.580. The van der Waals surface area contributed by atoms with Crippen LogP contribution in [0.2, 0.25) is 0 Å². The smallest absolute Gasteiger partial charge is 0.303 e. The summed E-state index contributed by atoms with van der Waals surface area (Å²) in [4.78, 5) is 20.6. The molecule has 0 saturated carbocycles. The molecule has 23 heavy (non-hydrogen) atoms. The molecule has 0 atom stereocenters. The summed E-state index contributed by atoms with van der Waals surface area (Å²) in [6.07, 6.45) is 0.955. The third-order valence-corrected chi connectivity index (χ3v) is 4.76. The Balaban J connectivity index is 1.43. The number of nitrogens with zero attached hydrogens (tertiary/aromatic N) is 4. The van der Waals surface area contributed by atoms with Gasteiger partial charge in [0.2, 0.25) is 11.7 Å². The highest BCUT2D eigenvalue weighted by atomic mass is 32.1. The van der Waals surface area contributed by atoms with E-state index in [2.05, 4.69) is 19.9 Å². The molecule has 1 N–H and O–H groups in total. The Morgan fingerprint density at radius 2 is 2.09 bits per heavy atom. The molecule has 3 heterocycles. The van der Waals surface area contributed by atoms with Gasteiger partial charge in [0.05, 0.1) is 11.4 Å². The van der Waals surface area contributed by atoms with E-state index >= 15 is 0 Å². The molecule has 0 bridgehead atoms. The summed E-state index contributed by atoms with van der Waals surface area (Å²) in [6.45, 7) is 5.29. The maximum absolute atomic E-state index is 10.5. The Morgan fingerprint density at radius 1 is 1.30 bits per heavy atom. The SMILES string of the molecule is O=C(O)CCCN1CCN(Cc2nc(-c3cccs3)no2)CC1. The molecule has 2 aromatic rings. The Kier molecular flexibility index (Phi) is 5.37. The first-order valence-corrected chi connectivity index (χ1v) is 8.61. The molecule has 1 aliphatic rings. The van der Waals surface area contributed by atoms with E-state index < -0.39 is 5.97 Å². The van der Waals surface area contributed by atoms with Gasteiger partial charge < -0.3 is 14.5 Å². The fraction of sp³-hybridized carbons (Fsp3) is 0.533. The molecule has 0 aliphatic carbocycles. The fourth-order valence-corrected chi connectivity index (χ4v) is 3.29. The molecule has 0 unspecified atom stereocenters. The molecule has 0 aromatic carbocycles. The topological polar surface area (TPSA) is 82.7 Å². The van der Waals surface area contributed by atoms with Crippen molar-refractivity contribution in [1.82, 2.24) is 19.9 Å². The predicted molar refractivity (Wildman–Crippen MR) is 86.2 cm³/mol. The molecule has 3 rings (SSSR count). The van der Waals surface area contributed by atoms with Crippen molar-refractivity contribution in [3.8, 4) is 10.7 Å². The normalized spacial score (nSPS) is 16.7. The molecular formula is C15H20N4O3S. The molecular weight excluding hydrogens is 316 g/mol. The van der Waals surface area contributed by atoms with E-state index in [0.717, 1.165) is 37.6 Å². The van der Waals surface area contributed by atoms with Crippen LogP contribution in [-0.2, 0) is 11.3 Å². The summed E-state index contributed by atoms with van der Waals surface area (Å²) >= 11 is 1.60. The molecule has 0 amide bonds. The van der Waals surface area contributed by atoms with Crippen molar-refractivity contribution in [2.24, 2.45) is 0 Å². The molecule has 1 fully saturated rings. The van der Waals surface area contributed by atoms with Gasteiger partial charge in [-0.2, -0.15) is 4.98 Å². The maximum Gasteiger partial charge on any atom is 0.303 e. The first kappa shape index (κ1) is 16.1. The maximum atomic E-state index is 10.5. The zero-order chi connectivity index (χ0) is 16.1. The van der Waals surface area contributed by atoms with E-state index in [0.29, 0.717) is 24.7 Å². The molecule has 1 aliphatic heterocycles. The average molecular weight is 336 g/mol. The standard InChI is InChI=1S/C15H20N4O3S/c20-14(21)4-1-5-18-6-8-19(9-7-18)11-13-16-15(17-22-13)12-3-2-10-23-12/h2-3,10H,1,4-9,11H2,(H,20,21). The van der Waals surface area contributed by atoms with Gasteiger partial charge in [-0.3, -0.25) is 9.69 Å². The Bertz CT molecular complexity index is 620. The van der Waals surface area contributed by atoms with Crippen molar-refractivity contribution in [1.29, 1.82) is 0 Å². The van der Waals surface area contributed by atoms with Crippen LogP contribution in [0.15, 0.2) is 22.0 Å². The van der Waals surface area contributed by atoms with Crippen LogP contribution in [-0.4, -0.2) is 63.7 Å². The number of hydrogen-bond donors (Lipinski definition) is 1. The number of piperazine rings is 1. The van der Waals surface area contributed by atoms with Crippen molar-refractivity contribution in [3.05, 3.63) is 23.4 Å². The van der Waals surface area contributed by atoms with Gasteiger partial charge in [-0.25, -0.2) is 0 Å². The number of hydrogen-bond acceptors (Lipinski definition) is 7. The highest BCUT2D eigenvalue weighted by Gasteiger charge is 2.19. The van der Waals surface area contributed by atoms with E-state index in [1.165, 1.54) is 0 Å². The minimum absolute atomic E-state index is 0.244. The number of carboxylic acid groups (broad SMARTS) is 1. The summed E-state index contributed by atoms with van der Waals surface area (Å²) < 4.78 is 5.33. The molecule has 1 saturated heterocycles. The number of rotatable bonds is 7. The number of aromatic nitrogens is 2. The lowest BCUT2D eigenvalue weighted by Gasteiger charge is -2.33. The van der Waals surface area contributed by atoms with Gasteiger partial charge in [0.25, 0.3) is 0 Å². The van der Waals surface area contributed by atoms with E-state index in [9.17, 15) is 4.79 Å². The van der Waals surface area contributed by atoms with Crippen molar-refractivity contribution in [2.75, 3.05) is 32.7 Å². The average Bonchev–Trinajstić information content (AvgIpc) is 3.19. The lowest BCUT2D eigenvalue weighted by atomic mass is 10.2. The zero-order valence-electron chi connectivity index (χ0n) is 12.8. The second-order valence-corrected chi connectivity index (χ2v) is 6.55. The van der Waals surface area contributed by atoms with Crippen molar-refractivity contribution in [3.63, 3.8) is 0 Å². The molecule has 124 valence electrons. The van der Waals surface area contributed by atoms with Crippen LogP contribution in [0, 0.1) is 0 Å².